The van der Waals surface area contributed by atoms with Gasteiger partial charge in [0.15, 0.2) is 0 Å². The Kier molecular flexibility index (Phi) is 4.04. The van der Waals surface area contributed by atoms with E-state index in [2.05, 4.69) is 35.6 Å². The molecule has 1 aliphatic rings. The Labute approximate surface area is 110 Å². The minimum absolute atomic E-state index is 0.366. The first-order valence-corrected chi connectivity index (χ1v) is 6.98. The van der Waals surface area contributed by atoms with Gasteiger partial charge in [-0.25, -0.2) is 9.97 Å². The normalized spacial score (nSPS) is 17.4. The van der Waals surface area contributed by atoms with Crippen LogP contribution in [0.25, 0.3) is 0 Å². The van der Waals surface area contributed by atoms with Gasteiger partial charge in [0.25, 0.3) is 0 Å². The monoisotopic (exact) mass is 248 g/mol. The predicted octanol–water partition coefficient (Wildman–Crippen LogP) is 2.81. The Morgan fingerprint density at radius 1 is 1.33 bits per heavy atom. The van der Waals surface area contributed by atoms with E-state index in [-0.39, 0.29) is 0 Å². The fourth-order valence-electron chi connectivity index (χ4n) is 2.76. The zero-order valence-corrected chi connectivity index (χ0v) is 11.7. The van der Waals surface area contributed by atoms with Crippen LogP contribution in [-0.4, -0.2) is 23.1 Å². The summed E-state index contributed by atoms with van der Waals surface area (Å²) in [7, 11) is 0. The van der Waals surface area contributed by atoms with Crippen LogP contribution in [0.5, 0.6) is 0 Å². The van der Waals surface area contributed by atoms with Gasteiger partial charge in [-0.2, -0.15) is 0 Å². The molecule has 100 valence electrons. The Hall–Kier alpha value is -1.32. The van der Waals surface area contributed by atoms with Gasteiger partial charge in [-0.05, 0) is 24.7 Å². The highest BCUT2D eigenvalue weighted by atomic mass is 15.2. The number of nitrogens with two attached hydrogens (primary N) is 1. The highest BCUT2D eigenvalue weighted by Gasteiger charge is 2.23. The van der Waals surface area contributed by atoms with E-state index in [1.165, 1.54) is 19.3 Å². The van der Waals surface area contributed by atoms with E-state index < -0.39 is 0 Å². The van der Waals surface area contributed by atoms with Crippen LogP contribution in [0.2, 0.25) is 0 Å². The molecule has 0 aromatic carbocycles. The first-order valence-electron chi connectivity index (χ1n) is 6.98. The number of aromatic nitrogens is 2. The number of hydrogen-bond acceptors (Lipinski definition) is 4. The van der Waals surface area contributed by atoms with Crippen LogP contribution in [0.3, 0.4) is 0 Å². The van der Waals surface area contributed by atoms with E-state index >= 15 is 0 Å². The zero-order valence-electron chi connectivity index (χ0n) is 11.7. The Bertz CT molecular complexity index is 395. The van der Waals surface area contributed by atoms with E-state index in [4.69, 9.17) is 5.73 Å². The standard InChI is InChI=1S/C14H24N4/c1-4-11-5-7-18(8-6-11)14-12(10(2)3)13(15)16-9-17-14/h9-11H,4-8H2,1-3H3,(H2,15,16,17). The van der Waals surface area contributed by atoms with Crippen molar-refractivity contribution in [3.05, 3.63) is 11.9 Å². The molecule has 0 radical (unpaired) electrons. The zero-order chi connectivity index (χ0) is 13.1. The van der Waals surface area contributed by atoms with Crippen LogP contribution in [0, 0.1) is 5.92 Å². The first-order chi connectivity index (χ1) is 8.63. The summed E-state index contributed by atoms with van der Waals surface area (Å²) in [5, 5.41) is 0. The third-order valence-electron chi connectivity index (χ3n) is 3.96. The maximum Gasteiger partial charge on any atom is 0.137 e. The third kappa shape index (κ3) is 2.57. The second kappa shape index (κ2) is 5.55. The lowest BCUT2D eigenvalue weighted by atomic mass is 9.93. The van der Waals surface area contributed by atoms with Crippen molar-refractivity contribution in [3.63, 3.8) is 0 Å². The van der Waals surface area contributed by atoms with Crippen LogP contribution < -0.4 is 10.6 Å². The summed E-state index contributed by atoms with van der Waals surface area (Å²) in [6.45, 7) is 8.76. The largest absolute Gasteiger partial charge is 0.383 e. The lowest BCUT2D eigenvalue weighted by Gasteiger charge is -2.34. The molecule has 1 fully saturated rings. The summed E-state index contributed by atoms with van der Waals surface area (Å²) in [4.78, 5) is 11.0. The molecule has 0 spiro atoms. The van der Waals surface area contributed by atoms with Crippen molar-refractivity contribution in [2.45, 2.75) is 46.0 Å². The van der Waals surface area contributed by atoms with Crippen LogP contribution >= 0.6 is 0 Å². The molecule has 4 nitrogen and oxygen atoms in total. The van der Waals surface area contributed by atoms with Crippen molar-refractivity contribution in [3.8, 4) is 0 Å². The fraction of sp³-hybridized carbons (Fsp3) is 0.714. The van der Waals surface area contributed by atoms with Crippen LogP contribution in [-0.2, 0) is 0 Å². The number of piperidine rings is 1. The topological polar surface area (TPSA) is 55.0 Å². The molecule has 2 heterocycles. The van der Waals surface area contributed by atoms with E-state index in [1.807, 2.05) is 0 Å². The van der Waals surface area contributed by atoms with Gasteiger partial charge in [0.1, 0.15) is 18.0 Å². The van der Waals surface area contributed by atoms with Crippen molar-refractivity contribution in [1.29, 1.82) is 0 Å². The molecule has 1 saturated heterocycles. The van der Waals surface area contributed by atoms with Crippen molar-refractivity contribution in [2.24, 2.45) is 5.92 Å². The highest BCUT2D eigenvalue weighted by molar-refractivity contribution is 5.58. The lowest BCUT2D eigenvalue weighted by Crippen LogP contribution is -2.35. The summed E-state index contributed by atoms with van der Waals surface area (Å²) in [6, 6.07) is 0. The summed E-state index contributed by atoms with van der Waals surface area (Å²) in [6.07, 6.45) is 5.40. The van der Waals surface area contributed by atoms with E-state index in [0.717, 1.165) is 30.4 Å². The second-order valence-corrected chi connectivity index (χ2v) is 5.49. The smallest absolute Gasteiger partial charge is 0.137 e. The van der Waals surface area contributed by atoms with Crippen LogP contribution in [0.4, 0.5) is 11.6 Å². The average Bonchev–Trinajstić information content (AvgIpc) is 2.38. The molecule has 0 bridgehead atoms. The van der Waals surface area contributed by atoms with Crippen LogP contribution in [0.15, 0.2) is 6.33 Å². The molecule has 18 heavy (non-hydrogen) atoms. The Balaban J connectivity index is 2.21. The fourth-order valence-corrected chi connectivity index (χ4v) is 2.76. The average molecular weight is 248 g/mol. The number of anilines is 2. The third-order valence-corrected chi connectivity index (χ3v) is 3.96. The summed E-state index contributed by atoms with van der Waals surface area (Å²) >= 11 is 0. The minimum Gasteiger partial charge on any atom is -0.383 e. The molecule has 4 heteroatoms. The maximum atomic E-state index is 6.00. The van der Waals surface area contributed by atoms with Gasteiger partial charge >= 0.3 is 0 Å². The Morgan fingerprint density at radius 2 is 2.00 bits per heavy atom. The molecule has 1 aromatic heterocycles. The Morgan fingerprint density at radius 3 is 2.56 bits per heavy atom. The summed E-state index contributed by atoms with van der Waals surface area (Å²) in [5.41, 5.74) is 7.11. The maximum absolute atomic E-state index is 6.00. The SMILES string of the molecule is CCC1CCN(c2ncnc(N)c2C(C)C)CC1. The van der Waals surface area contributed by atoms with Gasteiger partial charge in [-0.3, -0.25) is 0 Å². The molecule has 1 aromatic rings. The molecular weight excluding hydrogens is 224 g/mol. The van der Waals surface area contributed by atoms with E-state index in [9.17, 15) is 0 Å². The molecular formula is C14H24N4. The lowest BCUT2D eigenvalue weighted by molar-refractivity contribution is 0.393. The molecule has 2 rings (SSSR count). The van der Waals surface area contributed by atoms with Crippen molar-refractivity contribution in [2.75, 3.05) is 23.7 Å². The molecule has 1 aliphatic heterocycles. The number of hydrogen-bond donors (Lipinski definition) is 1. The molecule has 2 N–H and O–H groups in total. The molecule has 0 amide bonds. The van der Waals surface area contributed by atoms with Gasteiger partial charge in [0, 0.05) is 18.7 Å². The summed E-state index contributed by atoms with van der Waals surface area (Å²) < 4.78 is 0. The van der Waals surface area contributed by atoms with Crippen molar-refractivity contribution < 1.29 is 0 Å². The van der Waals surface area contributed by atoms with Crippen molar-refractivity contribution >= 4 is 11.6 Å². The van der Waals surface area contributed by atoms with Gasteiger partial charge in [-0.1, -0.05) is 27.2 Å². The van der Waals surface area contributed by atoms with Gasteiger partial charge in [0.05, 0.1) is 0 Å². The minimum atomic E-state index is 0.366. The number of nitrogens with zero attached hydrogens (tertiary/aromatic N) is 3. The molecule has 0 aliphatic carbocycles. The van der Waals surface area contributed by atoms with E-state index in [1.54, 1.807) is 6.33 Å². The summed E-state index contributed by atoms with van der Waals surface area (Å²) in [5.74, 6) is 2.92. The van der Waals surface area contributed by atoms with Gasteiger partial charge in [0.2, 0.25) is 0 Å². The number of rotatable bonds is 3. The highest BCUT2D eigenvalue weighted by Crippen LogP contribution is 2.32. The van der Waals surface area contributed by atoms with Gasteiger partial charge in [-0.15, -0.1) is 0 Å². The van der Waals surface area contributed by atoms with Crippen molar-refractivity contribution in [1.82, 2.24) is 9.97 Å². The quantitative estimate of drug-likeness (QED) is 0.893. The number of nitrogen functional groups attached to an aromatic ring is 1. The molecule has 0 unspecified atom stereocenters. The predicted molar refractivity (Wildman–Crippen MR) is 75.8 cm³/mol. The second-order valence-electron chi connectivity index (χ2n) is 5.49. The first kappa shape index (κ1) is 13.1. The van der Waals surface area contributed by atoms with Crippen LogP contribution in [0.1, 0.15) is 51.5 Å². The van der Waals surface area contributed by atoms with E-state index in [0.29, 0.717) is 11.7 Å². The molecule has 0 atom stereocenters. The van der Waals surface area contributed by atoms with Gasteiger partial charge < -0.3 is 10.6 Å². The molecule has 0 saturated carbocycles.